The first kappa shape index (κ1) is 33.3. The number of ether oxygens (including phenoxy) is 2. The number of nitrogens with zero attached hydrogens (tertiary/aromatic N) is 2. The lowest BCUT2D eigenvalue weighted by Crippen LogP contribution is -2.51. The molecule has 0 radical (unpaired) electrons. The number of halogens is 1. The van der Waals surface area contributed by atoms with E-state index in [1.807, 2.05) is 68.4 Å². The maximum Gasteiger partial charge on any atom is 0.243 e. The maximum atomic E-state index is 14.0. The third kappa shape index (κ3) is 9.46. The molecule has 3 aromatic carbocycles. The third-order valence-electron chi connectivity index (χ3n) is 7.16. The summed E-state index contributed by atoms with van der Waals surface area (Å²) in [6, 6.07) is 21.5. The van der Waals surface area contributed by atoms with Crippen LogP contribution < -0.4 is 19.1 Å². The summed E-state index contributed by atoms with van der Waals surface area (Å²) in [4.78, 5) is 29.3. The smallest absolute Gasteiger partial charge is 0.243 e. The van der Waals surface area contributed by atoms with Crippen LogP contribution in [0.3, 0.4) is 0 Å². The summed E-state index contributed by atoms with van der Waals surface area (Å²) >= 11 is 3.51. The van der Waals surface area contributed by atoms with Crippen molar-refractivity contribution in [2.45, 2.75) is 45.7 Å². The number of fused-ring (bicyclic) bond motifs is 1. The van der Waals surface area contributed by atoms with Gasteiger partial charge < -0.3 is 19.7 Å². The first-order chi connectivity index (χ1) is 21.0. The van der Waals surface area contributed by atoms with E-state index >= 15 is 0 Å². The van der Waals surface area contributed by atoms with Crippen molar-refractivity contribution in [3.8, 4) is 11.5 Å². The molecule has 0 aromatic heterocycles. The quantitative estimate of drug-likeness (QED) is 0.251. The minimum absolute atomic E-state index is 0.0489. The highest BCUT2D eigenvalue weighted by Crippen LogP contribution is 2.35. The summed E-state index contributed by atoms with van der Waals surface area (Å²) in [7, 11) is -3.66. The first-order valence-corrected chi connectivity index (χ1v) is 17.4. The Labute approximate surface area is 268 Å². The maximum absolute atomic E-state index is 14.0. The summed E-state index contributed by atoms with van der Waals surface area (Å²) in [6.07, 6.45) is 1.78. The van der Waals surface area contributed by atoms with E-state index in [2.05, 4.69) is 21.2 Å². The third-order valence-corrected chi connectivity index (χ3v) is 8.85. The molecule has 1 aliphatic rings. The van der Waals surface area contributed by atoms with Crippen molar-refractivity contribution in [3.63, 3.8) is 0 Å². The molecule has 0 unspecified atom stereocenters. The largest absolute Gasteiger partial charge is 0.486 e. The number of hydrogen-bond acceptors (Lipinski definition) is 6. The average Bonchev–Trinajstić information content (AvgIpc) is 2.99. The molecule has 0 saturated carbocycles. The minimum atomic E-state index is -3.66. The van der Waals surface area contributed by atoms with Gasteiger partial charge in [-0.1, -0.05) is 72.2 Å². The molecular formula is C33H40BrN3O6S. The molecule has 0 bridgehead atoms. The Balaban J connectivity index is 1.57. The number of benzene rings is 3. The number of carbonyl (C=O) groups excluding carboxylic acids is 2. The zero-order valence-electron chi connectivity index (χ0n) is 25.4. The molecule has 0 saturated heterocycles. The van der Waals surface area contributed by atoms with Crippen LogP contribution in [0.1, 0.15) is 37.8 Å². The van der Waals surface area contributed by atoms with Gasteiger partial charge in [0.1, 0.15) is 19.3 Å². The fourth-order valence-corrected chi connectivity index (χ4v) is 6.40. The monoisotopic (exact) mass is 685 g/mol. The van der Waals surface area contributed by atoms with Gasteiger partial charge in [0.15, 0.2) is 11.5 Å². The molecule has 9 nitrogen and oxygen atoms in total. The van der Waals surface area contributed by atoms with E-state index in [0.717, 1.165) is 21.9 Å². The molecule has 11 heteroatoms. The van der Waals surface area contributed by atoms with Crippen LogP contribution in [0.2, 0.25) is 0 Å². The number of hydrogen-bond donors (Lipinski definition) is 1. The van der Waals surface area contributed by atoms with Crippen molar-refractivity contribution >= 4 is 43.5 Å². The lowest BCUT2D eigenvalue weighted by molar-refractivity contribution is -0.141. The van der Waals surface area contributed by atoms with Crippen molar-refractivity contribution < 1.29 is 27.5 Å². The van der Waals surface area contributed by atoms with Gasteiger partial charge in [0, 0.05) is 43.0 Å². The van der Waals surface area contributed by atoms with Crippen LogP contribution >= 0.6 is 15.9 Å². The van der Waals surface area contributed by atoms with Crippen molar-refractivity contribution in [2.75, 3.05) is 36.9 Å². The van der Waals surface area contributed by atoms with Crippen LogP contribution in [-0.2, 0) is 32.6 Å². The number of rotatable bonds is 14. The minimum Gasteiger partial charge on any atom is -0.486 e. The van der Waals surface area contributed by atoms with E-state index in [1.165, 1.54) is 4.31 Å². The molecule has 3 aromatic rings. The van der Waals surface area contributed by atoms with Gasteiger partial charge >= 0.3 is 0 Å². The molecule has 1 heterocycles. The number of sulfonamides is 1. The Kier molecular flexibility index (Phi) is 11.7. The van der Waals surface area contributed by atoms with Gasteiger partial charge in [0.2, 0.25) is 21.8 Å². The number of carbonyl (C=O) groups is 2. The van der Waals surface area contributed by atoms with E-state index in [-0.39, 0.29) is 43.7 Å². The van der Waals surface area contributed by atoms with Crippen molar-refractivity contribution in [3.05, 3.63) is 88.4 Å². The molecule has 0 fully saturated rings. The second-order valence-corrected chi connectivity index (χ2v) is 14.1. The van der Waals surface area contributed by atoms with E-state index in [9.17, 15) is 18.0 Å². The lowest BCUT2D eigenvalue weighted by Gasteiger charge is -2.32. The standard InChI is InChI=1S/C33H40BrN3O6S/c1-24(2)22-35-33(39)29(20-25-9-5-4-6-10-25)36(23-26-11-7-12-27(34)19-26)32(38)13-8-16-37(44(3,40)41)28-14-15-30-31(21-28)43-18-17-42-30/h4-7,9-12,14-15,19,21,24,29H,8,13,16-18,20,22-23H2,1-3H3,(H,35,39)/t29-/m1/s1. The highest BCUT2D eigenvalue weighted by atomic mass is 79.9. The highest BCUT2D eigenvalue weighted by molar-refractivity contribution is 9.10. The summed E-state index contributed by atoms with van der Waals surface area (Å²) in [5, 5.41) is 3.02. The molecule has 236 valence electrons. The van der Waals surface area contributed by atoms with Gasteiger partial charge in [-0.15, -0.1) is 0 Å². The lowest BCUT2D eigenvalue weighted by atomic mass is 10.0. The van der Waals surface area contributed by atoms with Crippen LogP contribution in [0, 0.1) is 5.92 Å². The van der Waals surface area contributed by atoms with Gasteiger partial charge in [-0.05, 0) is 47.7 Å². The summed E-state index contributed by atoms with van der Waals surface area (Å²) in [6.45, 7) is 5.65. The Morgan fingerprint density at radius 3 is 2.32 bits per heavy atom. The zero-order valence-corrected chi connectivity index (χ0v) is 27.8. The van der Waals surface area contributed by atoms with E-state index in [0.29, 0.717) is 43.4 Å². The van der Waals surface area contributed by atoms with Gasteiger partial charge in [0.05, 0.1) is 11.9 Å². The van der Waals surface area contributed by atoms with E-state index in [4.69, 9.17) is 9.47 Å². The Bertz CT molecular complexity index is 1530. The fraction of sp³-hybridized carbons (Fsp3) is 0.394. The second-order valence-electron chi connectivity index (χ2n) is 11.3. The van der Waals surface area contributed by atoms with Crippen LogP contribution in [0.4, 0.5) is 5.69 Å². The Hall–Kier alpha value is -3.57. The molecule has 1 N–H and O–H groups in total. The molecular weight excluding hydrogens is 646 g/mol. The summed E-state index contributed by atoms with van der Waals surface area (Å²) < 4.78 is 39.0. The molecule has 44 heavy (non-hydrogen) atoms. The van der Waals surface area contributed by atoms with Crippen molar-refractivity contribution in [1.82, 2.24) is 10.2 Å². The Morgan fingerprint density at radius 1 is 0.932 bits per heavy atom. The van der Waals surface area contributed by atoms with Crippen molar-refractivity contribution in [2.24, 2.45) is 5.92 Å². The van der Waals surface area contributed by atoms with Crippen LogP contribution in [-0.4, -0.2) is 63.7 Å². The molecule has 0 aliphatic carbocycles. The number of nitrogens with one attached hydrogen (secondary N) is 1. The molecule has 0 spiro atoms. The van der Waals surface area contributed by atoms with Crippen molar-refractivity contribution in [1.29, 1.82) is 0 Å². The van der Waals surface area contributed by atoms with Gasteiger partial charge in [-0.2, -0.15) is 0 Å². The highest BCUT2D eigenvalue weighted by Gasteiger charge is 2.31. The molecule has 1 atom stereocenters. The normalized spacial score (nSPS) is 13.3. The molecule has 1 aliphatic heterocycles. The van der Waals surface area contributed by atoms with Gasteiger partial charge in [0.25, 0.3) is 0 Å². The van der Waals surface area contributed by atoms with Gasteiger partial charge in [-0.25, -0.2) is 8.42 Å². The van der Waals surface area contributed by atoms with Gasteiger partial charge in [-0.3, -0.25) is 13.9 Å². The Morgan fingerprint density at radius 2 is 1.64 bits per heavy atom. The van der Waals surface area contributed by atoms with Crippen LogP contribution in [0.5, 0.6) is 11.5 Å². The topological polar surface area (TPSA) is 105 Å². The second kappa shape index (κ2) is 15.4. The van der Waals surface area contributed by atoms with Crippen LogP contribution in [0.25, 0.3) is 0 Å². The number of anilines is 1. The molecule has 2 amide bonds. The van der Waals surface area contributed by atoms with Crippen LogP contribution in [0.15, 0.2) is 77.3 Å². The van der Waals surface area contributed by atoms with E-state index < -0.39 is 16.1 Å². The number of amides is 2. The predicted octanol–water partition coefficient (Wildman–Crippen LogP) is 5.18. The summed E-state index contributed by atoms with van der Waals surface area (Å²) in [5.41, 5.74) is 2.24. The fourth-order valence-electron chi connectivity index (χ4n) is 5.00. The van der Waals surface area contributed by atoms with E-state index in [1.54, 1.807) is 23.1 Å². The predicted molar refractivity (Wildman–Crippen MR) is 175 cm³/mol. The zero-order chi connectivity index (χ0) is 31.7. The average molecular weight is 687 g/mol. The molecule has 4 rings (SSSR count). The SMILES string of the molecule is CC(C)CNC(=O)[C@@H](Cc1ccccc1)N(Cc1cccc(Br)c1)C(=O)CCCN(c1ccc2c(c1)OCCO2)S(C)(=O)=O. The summed E-state index contributed by atoms with van der Waals surface area (Å²) in [5.74, 6) is 0.830. The first-order valence-electron chi connectivity index (χ1n) is 14.7.